The Hall–Kier alpha value is -6.55. The molecule has 0 aromatic heterocycles. The Labute approximate surface area is 272 Å². The minimum atomic E-state index is -4.90. The van der Waals surface area contributed by atoms with Crippen LogP contribution in [0.15, 0.2) is 119 Å². The molecule has 0 saturated carbocycles. The smallest absolute Gasteiger partial charge is 0.426 e. The van der Waals surface area contributed by atoms with Crippen molar-refractivity contribution in [3.05, 3.63) is 130 Å². The molecule has 6 rings (SSSR count). The molecule has 0 aliphatic rings. The van der Waals surface area contributed by atoms with E-state index in [-0.39, 0.29) is 44.0 Å². The number of para-hydroxylation sites is 1. The molecule has 6 aromatic rings. The first-order valence-corrected chi connectivity index (χ1v) is 16.6. The van der Waals surface area contributed by atoms with Gasteiger partial charge in [0.1, 0.15) is 9.79 Å². The predicted molar refractivity (Wildman–Crippen MR) is 173 cm³/mol. The summed E-state index contributed by atoms with van der Waals surface area (Å²) >= 11 is 0. The minimum absolute atomic E-state index is 0.000892. The number of rotatable bonds is 8. The second-order valence-electron chi connectivity index (χ2n) is 10.2. The van der Waals surface area contributed by atoms with E-state index in [0.717, 1.165) is 6.07 Å². The highest BCUT2D eigenvalue weighted by Gasteiger charge is 2.31. The van der Waals surface area contributed by atoms with E-state index in [4.69, 9.17) is 13.8 Å². The van der Waals surface area contributed by atoms with E-state index in [0.29, 0.717) is 0 Å². The van der Waals surface area contributed by atoms with Crippen LogP contribution in [0.1, 0.15) is 15.9 Å². The first-order valence-electron chi connectivity index (χ1n) is 13.8. The Bertz CT molecular complexity index is 2620. The van der Waals surface area contributed by atoms with Crippen molar-refractivity contribution in [3.8, 4) is 23.0 Å². The van der Waals surface area contributed by atoms with Gasteiger partial charge in [-0.05, 0) is 36.4 Å². The molecule has 0 spiro atoms. The number of hydrogen-bond donors (Lipinski definition) is 2. The largest absolute Gasteiger partial charge is 0.501 e. The van der Waals surface area contributed by atoms with Crippen LogP contribution in [0.5, 0.6) is 23.0 Å². The predicted octanol–water partition coefficient (Wildman–Crippen LogP) is 7.14. The van der Waals surface area contributed by atoms with Crippen LogP contribution in [0.25, 0.3) is 31.5 Å². The van der Waals surface area contributed by atoms with Gasteiger partial charge in [0.15, 0.2) is 27.2 Å². The molecule has 0 heterocycles. The van der Waals surface area contributed by atoms with Crippen molar-refractivity contribution in [1.29, 1.82) is 10.8 Å². The molecule has 2 N–H and O–H groups in total. The average molecular weight is 681 g/mol. The minimum Gasteiger partial charge on any atom is -0.501 e. The summed E-state index contributed by atoms with van der Waals surface area (Å²) < 4.78 is 66.4. The van der Waals surface area contributed by atoms with E-state index in [1.165, 1.54) is 84.9 Å². The number of carbonyl (C=O) groups excluding carboxylic acids is 1. The van der Waals surface area contributed by atoms with Gasteiger partial charge < -0.3 is 18.6 Å². The van der Waals surface area contributed by atoms with Crippen LogP contribution in [-0.4, -0.2) is 32.8 Å². The number of fused-ring (bicyclic) bond motifs is 2. The number of ketones is 1. The highest BCUT2D eigenvalue weighted by Crippen LogP contribution is 2.42. The Balaban J connectivity index is 1.52. The summed E-state index contributed by atoms with van der Waals surface area (Å²) in [6.45, 7) is 0. The van der Waals surface area contributed by atoms with E-state index in [9.17, 15) is 37.2 Å². The Morgan fingerprint density at radius 2 is 1.06 bits per heavy atom. The maximum Gasteiger partial charge on any atom is 0.426 e. The van der Waals surface area contributed by atoms with Crippen LogP contribution in [0.3, 0.4) is 0 Å². The molecular formula is C33H20N4O9S2+2. The van der Waals surface area contributed by atoms with E-state index in [1.54, 1.807) is 18.2 Å². The summed E-state index contributed by atoms with van der Waals surface area (Å²) in [7, 11) is -9.74. The Morgan fingerprint density at radius 1 is 0.562 bits per heavy atom. The lowest BCUT2D eigenvalue weighted by Gasteiger charge is -2.17. The molecule has 0 saturated heterocycles. The van der Waals surface area contributed by atoms with Gasteiger partial charge in [0, 0.05) is 39.2 Å². The van der Waals surface area contributed by atoms with Gasteiger partial charge in [-0.25, -0.2) is 0 Å². The van der Waals surface area contributed by atoms with Crippen molar-refractivity contribution in [1.82, 2.24) is 0 Å². The number of phenols is 2. The quantitative estimate of drug-likeness (QED) is 0.0940. The average Bonchev–Trinajstić information content (AvgIpc) is 3.09. The van der Waals surface area contributed by atoms with Crippen molar-refractivity contribution >= 4 is 58.9 Å². The highest BCUT2D eigenvalue weighted by atomic mass is 32.2. The lowest BCUT2D eigenvalue weighted by molar-refractivity contribution is 0.103. The number of aromatic hydroxyl groups is 2. The van der Waals surface area contributed by atoms with Crippen LogP contribution < -0.4 is 8.37 Å². The number of diazo groups is 2. The molecule has 236 valence electrons. The summed E-state index contributed by atoms with van der Waals surface area (Å²) in [6.07, 6.45) is 0. The van der Waals surface area contributed by atoms with Gasteiger partial charge in [-0.1, -0.05) is 60.7 Å². The van der Waals surface area contributed by atoms with Gasteiger partial charge in [0.25, 0.3) is 0 Å². The maximum absolute atomic E-state index is 13.9. The Kier molecular flexibility index (Phi) is 7.85. The van der Waals surface area contributed by atoms with E-state index >= 15 is 0 Å². The lowest BCUT2D eigenvalue weighted by atomic mass is 10.0. The van der Waals surface area contributed by atoms with Gasteiger partial charge in [-0.3, -0.25) is 4.79 Å². The Morgan fingerprint density at radius 3 is 1.58 bits per heavy atom. The molecule has 0 fully saturated rings. The van der Waals surface area contributed by atoms with E-state index < -0.39 is 58.8 Å². The SMILES string of the molecule is N#[N+]c1ccc2c(S(=O)(=O)Oc3cccc(C(=O)c4ccccc4)c3OS(=O)(=O)c3cccc4c(O)c([N+]#N)ccc34)cccc2c1O. The van der Waals surface area contributed by atoms with Gasteiger partial charge in [0.05, 0.1) is 5.56 Å². The number of hydrogen-bond acceptors (Lipinski definition) is 11. The molecule has 0 aliphatic carbocycles. The number of phenolic OH excluding ortho intramolecular Hbond substituents is 2. The van der Waals surface area contributed by atoms with Crippen molar-refractivity contribution in [2.45, 2.75) is 9.79 Å². The van der Waals surface area contributed by atoms with Gasteiger partial charge in [-0.15, -0.1) is 0 Å². The second-order valence-corrected chi connectivity index (χ2v) is 13.2. The van der Waals surface area contributed by atoms with Gasteiger partial charge in [0.2, 0.25) is 22.3 Å². The van der Waals surface area contributed by atoms with Gasteiger partial charge >= 0.3 is 31.6 Å². The third kappa shape index (κ3) is 5.45. The fraction of sp³-hybridized carbons (Fsp3) is 0. The zero-order valence-corrected chi connectivity index (χ0v) is 25.9. The molecule has 15 heteroatoms. The number of nitrogens with zero attached hydrogens (tertiary/aromatic N) is 4. The summed E-state index contributed by atoms with van der Waals surface area (Å²) in [5.41, 5.74) is -0.660. The van der Waals surface area contributed by atoms with Gasteiger partial charge in [-0.2, -0.15) is 16.8 Å². The second kappa shape index (κ2) is 12.0. The lowest BCUT2D eigenvalue weighted by Crippen LogP contribution is -2.16. The van der Waals surface area contributed by atoms with Crippen molar-refractivity contribution in [2.24, 2.45) is 0 Å². The standard InChI is InChI=1S/C33H18N4O9S2/c34-36-25-17-15-20-22(31(25)39)9-5-13-28(20)47(41,42)45-27-12-4-11-24(30(38)19-7-2-1-3-8-19)33(27)46-48(43,44)29-14-6-10-23-21(29)16-18-26(37-35)32(23)40/h1-18H/p+2. The first-order chi connectivity index (χ1) is 23.0. The molecule has 0 bridgehead atoms. The van der Waals surface area contributed by atoms with Crippen LogP contribution >= 0.6 is 0 Å². The molecular weight excluding hydrogens is 661 g/mol. The van der Waals surface area contributed by atoms with E-state index in [2.05, 4.69) is 9.95 Å². The summed E-state index contributed by atoms with van der Waals surface area (Å²) in [4.78, 5) is 18.7. The molecule has 48 heavy (non-hydrogen) atoms. The van der Waals surface area contributed by atoms with Crippen molar-refractivity contribution in [2.75, 3.05) is 0 Å². The third-order valence-electron chi connectivity index (χ3n) is 7.35. The number of benzene rings is 6. The molecule has 0 aliphatic heterocycles. The first kappa shape index (κ1) is 31.4. The third-order valence-corrected chi connectivity index (χ3v) is 9.92. The zero-order valence-electron chi connectivity index (χ0n) is 24.2. The molecule has 0 radical (unpaired) electrons. The van der Waals surface area contributed by atoms with Crippen molar-refractivity contribution in [3.63, 3.8) is 0 Å². The molecule has 0 unspecified atom stereocenters. The monoisotopic (exact) mass is 680 g/mol. The number of carbonyl (C=O) groups is 1. The van der Waals surface area contributed by atoms with Crippen LogP contribution in [-0.2, 0) is 20.2 Å². The molecule has 0 amide bonds. The topological polar surface area (TPSA) is 201 Å². The fourth-order valence-electron chi connectivity index (χ4n) is 5.11. The van der Waals surface area contributed by atoms with E-state index in [1.807, 2.05) is 0 Å². The normalized spacial score (nSPS) is 11.5. The van der Waals surface area contributed by atoms with Crippen LogP contribution in [0.4, 0.5) is 11.4 Å². The fourth-order valence-corrected chi connectivity index (χ4v) is 7.43. The molecule has 6 aromatic carbocycles. The molecule has 13 nitrogen and oxygen atoms in total. The van der Waals surface area contributed by atoms with Crippen molar-refractivity contribution < 1.29 is 40.2 Å². The van der Waals surface area contributed by atoms with Crippen LogP contribution in [0.2, 0.25) is 0 Å². The maximum atomic E-state index is 13.9. The van der Waals surface area contributed by atoms with Crippen LogP contribution in [0, 0.1) is 10.8 Å². The summed E-state index contributed by atoms with van der Waals surface area (Å²) in [6, 6.07) is 24.0. The molecule has 0 atom stereocenters. The summed E-state index contributed by atoms with van der Waals surface area (Å²) in [5, 5.41) is 39.3. The zero-order chi connectivity index (χ0) is 34.2. The highest BCUT2D eigenvalue weighted by molar-refractivity contribution is 7.87. The summed E-state index contributed by atoms with van der Waals surface area (Å²) in [5.74, 6) is -3.14.